The van der Waals surface area contributed by atoms with E-state index in [0.717, 1.165) is 31.6 Å². The van der Waals surface area contributed by atoms with Crippen LogP contribution in [-0.2, 0) is 11.2 Å². The zero-order chi connectivity index (χ0) is 16.1. The fourth-order valence-corrected chi connectivity index (χ4v) is 3.04. The number of aromatic amines is 1. The summed E-state index contributed by atoms with van der Waals surface area (Å²) >= 11 is 0. The number of aryl methyl sites for hydroxylation is 1. The van der Waals surface area contributed by atoms with Gasteiger partial charge in [0.15, 0.2) is 0 Å². The van der Waals surface area contributed by atoms with Crippen molar-refractivity contribution in [1.29, 1.82) is 0 Å². The first kappa shape index (κ1) is 15.7. The first-order valence-corrected chi connectivity index (χ1v) is 8.27. The Balaban J connectivity index is 1.57. The molecule has 0 saturated carbocycles. The number of amides is 1. The highest BCUT2D eigenvalue weighted by atomic mass is 16.5. The van der Waals surface area contributed by atoms with Gasteiger partial charge in [-0.3, -0.25) is 9.89 Å². The molecule has 0 spiro atoms. The lowest BCUT2D eigenvalue weighted by atomic mass is 9.95. The van der Waals surface area contributed by atoms with Gasteiger partial charge in [0.25, 0.3) is 5.91 Å². The number of hydrogen-bond acceptors (Lipinski definition) is 3. The summed E-state index contributed by atoms with van der Waals surface area (Å²) < 4.78 is 5.85. The molecule has 1 amide bonds. The molecule has 1 aromatic carbocycles. The monoisotopic (exact) mass is 313 g/mol. The molecule has 1 saturated heterocycles. The molecular formula is C18H23N3O2. The second-order valence-electron chi connectivity index (χ2n) is 5.99. The Morgan fingerprint density at radius 2 is 2.22 bits per heavy atom. The van der Waals surface area contributed by atoms with Gasteiger partial charge in [0.1, 0.15) is 5.69 Å². The summed E-state index contributed by atoms with van der Waals surface area (Å²) in [5, 5.41) is 10.00. The van der Waals surface area contributed by atoms with Gasteiger partial charge in [0.2, 0.25) is 0 Å². The number of hydrogen-bond donors (Lipinski definition) is 2. The highest BCUT2D eigenvalue weighted by Crippen LogP contribution is 2.33. The minimum atomic E-state index is -0.123. The Kier molecular flexibility index (Phi) is 5.08. The van der Waals surface area contributed by atoms with Gasteiger partial charge in [0.05, 0.1) is 6.10 Å². The molecule has 2 atom stereocenters. The SMILES string of the molecule is CCCc1cc(C(=O)NC[C@@H]2CCO[C@H]2c2ccccc2)n[nH]1. The number of rotatable bonds is 6. The van der Waals surface area contributed by atoms with Crippen molar-refractivity contribution in [3.05, 3.63) is 53.3 Å². The molecule has 3 rings (SSSR count). The number of ether oxygens (including phenoxy) is 1. The molecule has 0 unspecified atom stereocenters. The van der Waals surface area contributed by atoms with Crippen LogP contribution in [0.4, 0.5) is 0 Å². The summed E-state index contributed by atoms with van der Waals surface area (Å²) in [6.07, 6.45) is 2.96. The normalized spacial score (nSPS) is 20.6. The van der Waals surface area contributed by atoms with Crippen molar-refractivity contribution in [3.63, 3.8) is 0 Å². The van der Waals surface area contributed by atoms with Gasteiger partial charge in [-0.25, -0.2) is 0 Å². The van der Waals surface area contributed by atoms with Gasteiger partial charge in [-0.05, 0) is 24.5 Å². The first-order valence-electron chi connectivity index (χ1n) is 8.27. The highest BCUT2D eigenvalue weighted by molar-refractivity contribution is 5.92. The van der Waals surface area contributed by atoms with Crippen LogP contribution in [0.25, 0.3) is 0 Å². The number of carbonyl (C=O) groups is 1. The third kappa shape index (κ3) is 3.79. The second kappa shape index (κ2) is 7.42. The second-order valence-corrected chi connectivity index (χ2v) is 5.99. The van der Waals surface area contributed by atoms with Gasteiger partial charge >= 0.3 is 0 Å². The Labute approximate surface area is 136 Å². The van der Waals surface area contributed by atoms with Gasteiger partial charge in [-0.15, -0.1) is 0 Å². The maximum atomic E-state index is 12.2. The van der Waals surface area contributed by atoms with Crippen LogP contribution in [0.2, 0.25) is 0 Å². The van der Waals surface area contributed by atoms with Crippen molar-refractivity contribution >= 4 is 5.91 Å². The molecular weight excluding hydrogens is 290 g/mol. The molecule has 2 heterocycles. The zero-order valence-electron chi connectivity index (χ0n) is 13.4. The molecule has 0 bridgehead atoms. The molecule has 1 fully saturated rings. The van der Waals surface area contributed by atoms with Gasteiger partial charge < -0.3 is 10.1 Å². The number of H-pyrrole nitrogens is 1. The van der Waals surface area contributed by atoms with E-state index in [2.05, 4.69) is 34.6 Å². The lowest BCUT2D eigenvalue weighted by molar-refractivity contribution is 0.0844. The van der Waals surface area contributed by atoms with E-state index < -0.39 is 0 Å². The average Bonchev–Trinajstić information content (AvgIpc) is 3.23. The standard InChI is InChI=1S/C18H23N3O2/c1-2-6-15-11-16(21-20-15)18(22)19-12-14-9-10-23-17(14)13-7-4-3-5-8-13/h3-5,7-8,11,14,17H,2,6,9-10,12H2,1H3,(H,19,22)(H,20,21)/t14-,17-/m0/s1. The summed E-state index contributed by atoms with van der Waals surface area (Å²) in [5.41, 5.74) is 2.64. The number of aromatic nitrogens is 2. The molecule has 5 heteroatoms. The van der Waals surface area contributed by atoms with Gasteiger partial charge in [-0.1, -0.05) is 43.7 Å². The molecule has 1 aliphatic heterocycles. The summed E-state index contributed by atoms with van der Waals surface area (Å²) in [5.74, 6) is 0.178. The lowest BCUT2D eigenvalue weighted by Crippen LogP contribution is -2.30. The summed E-state index contributed by atoms with van der Waals surface area (Å²) in [4.78, 5) is 12.2. The van der Waals surface area contributed by atoms with Crippen LogP contribution in [0.3, 0.4) is 0 Å². The van der Waals surface area contributed by atoms with Crippen LogP contribution in [0.15, 0.2) is 36.4 Å². The Hall–Kier alpha value is -2.14. The number of carbonyl (C=O) groups excluding carboxylic acids is 1. The van der Waals surface area contributed by atoms with Gasteiger partial charge in [-0.2, -0.15) is 5.10 Å². The number of nitrogens with zero attached hydrogens (tertiary/aromatic N) is 1. The van der Waals surface area contributed by atoms with E-state index in [1.165, 1.54) is 5.56 Å². The van der Waals surface area contributed by atoms with Crippen LogP contribution in [-0.4, -0.2) is 29.3 Å². The van der Waals surface area contributed by atoms with Crippen molar-refractivity contribution in [1.82, 2.24) is 15.5 Å². The van der Waals surface area contributed by atoms with Crippen LogP contribution >= 0.6 is 0 Å². The van der Waals surface area contributed by atoms with E-state index in [1.54, 1.807) is 0 Å². The van der Waals surface area contributed by atoms with Crippen LogP contribution in [0.5, 0.6) is 0 Å². The van der Waals surface area contributed by atoms with Crippen molar-refractivity contribution < 1.29 is 9.53 Å². The quantitative estimate of drug-likeness (QED) is 0.861. The van der Waals surface area contributed by atoms with E-state index in [0.29, 0.717) is 18.2 Å². The molecule has 2 aromatic rings. The van der Waals surface area contributed by atoms with Crippen molar-refractivity contribution in [2.45, 2.75) is 32.3 Å². The lowest BCUT2D eigenvalue weighted by Gasteiger charge is -2.19. The fraction of sp³-hybridized carbons (Fsp3) is 0.444. The fourth-order valence-electron chi connectivity index (χ4n) is 3.04. The molecule has 23 heavy (non-hydrogen) atoms. The minimum absolute atomic E-state index is 0.0614. The van der Waals surface area contributed by atoms with Crippen molar-refractivity contribution in [2.75, 3.05) is 13.2 Å². The molecule has 1 aromatic heterocycles. The summed E-state index contributed by atoms with van der Waals surface area (Å²) in [7, 11) is 0. The summed E-state index contributed by atoms with van der Waals surface area (Å²) in [6, 6.07) is 12.0. The highest BCUT2D eigenvalue weighted by Gasteiger charge is 2.29. The maximum absolute atomic E-state index is 12.2. The Bertz CT molecular complexity index is 639. The smallest absolute Gasteiger partial charge is 0.271 e. The van der Waals surface area contributed by atoms with Crippen LogP contribution in [0.1, 0.15) is 47.6 Å². The molecule has 5 nitrogen and oxygen atoms in total. The van der Waals surface area contributed by atoms with E-state index in [4.69, 9.17) is 4.74 Å². The molecule has 2 N–H and O–H groups in total. The van der Waals surface area contributed by atoms with Gasteiger partial charge in [0, 0.05) is 24.8 Å². The van der Waals surface area contributed by atoms with Crippen molar-refractivity contribution in [2.24, 2.45) is 5.92 Å². The topological polar surface area (TPSA) is 67.0 Å². The van der Waals surface area contributed by atoms with E-state index in [1.807, 2.05) is 24.3 Å². The largest absolute Gasteiger partial charge is 0.373 e. The predicted octanol–water partition coefficient (Wildman–Crippen LogP) is 2.87. The zero-order valence-corrected chi connectivity index (χ0v) is 13.4. The Morgan fingerprint density at radius 1 is 1.39 bits per heavy atom. The third-order valence-corrected chi connectivity index (χ3v) is 4.25. The average molecular weight is 313 g/mol. The van der Waals surface area contributed by atoms with Crippen molar-refractivity contribution in [3.8, 4) is 0 Å². The Morgan fingerprint density at radius 3 is 3.00 bits per heavy atom. The first-order chi connectivity index (χ1) is 11.3. The molecule has 0 aliphatic carbocycles. The molecule has 122 valence electrons. The predicted molar refractivity (Wildman–Crippen MR) is 88.2 cm³/mol. The van der Waals surface area contributed by atoms with E-state index in [-0.39, 0.29) is 12.0 Å². The van der Waals surface area contributed by atoms with E-state index in [9.17, 15) is 4.79 Å². The number of nitrogens with one attached hydrogen (secondary N) is 2. The minimum Gasteiger partial charge on any atom is -0.373 e. The third-order valence-electron chi connectivity index (χ3n) is 4.25. The van der Waals surface area contributed by atoms with Crippen LogP contribution in [0, 0.1) is 5.92 Å². The van der Waals surface area contributed by atoms with Crippen LogP contribution < -0.4 is 5.32 Å². The molecule has 0 radical (unpaired) electrons. The number of benzene rings is 1. The molecule has 1 aliphatic rings. The van der Waals surface area contributed by atoms with E-state index >= 15 is 0 Å². The summed E-state index contributed by atoms with van der Waals surface area (Å²) in [6.45, 7) is 3.45. The maximum Gasteiger partial charge on any atom is 0.271 e.